The number of hydrogen-bond donors (Lipinski definition) is 1. The lowest BCUT2D eigenvalue weighted by molar-refractivity contribution is 0.436. The van der Waals surface area contributed by atoms with E-state index in [1.165, 1.54) is 0 Å². The zero-order valence-corrected chi connectivity index (χ0v) is 11.8. The van der Waals surface area contributed by atoms with Crippen molar-refractivity contribution in [1.29, 1.82) is 0 Å². The Morgan fingerprint density at radius 1 is 1.47 bits per heavy atom. The second kappa shape index (κ2) is 5.25. The van der Waals surface area contributed by atoms with Crippen LogP contribution in [0.4, 0.5) is 0 Å². The number of hydrogen-bond acceptors (Lipinski definition) is 3. The zero-order valence-electron chi connectivity index (χ0n) is 10.2. The van der Waals surface area contributed by atoms with Gasteiger partial charge in [0.1, 0.15) is 17.6 Å². The summed E-state index contributed by atoms with van der Waals surface area (Å²) in [7, 11) is 1.92. The molecule has 2 heterocycles. The molecule has 0 saturated heterocycles. The van der Waals surface area contributed by atoms with Gasteiger partial charge in [-0.1, -0.05) is 18.5 Å². The van der Waals surface area contributed by atoms with Crippen LogP contribution in [0.1, 0.15) is 34.9 Å². The molecule has 0 aliphatic heterocycles. The summed E-state index contributed by atoms with van der Waals surface area (Å²) in [5, 5.41) is 6.17. The molecule has 0 amide bonds. The maximum atomic E-state index is 6.30. The summed E-state index contributed by atoms with van der Waals surface area (Å²) < 4.78 is 5.79. The molecule has 0 spiro atoms. The van der Waals surface area contributed by atoms with E-state index in [0.29, 0.717) is 0 Å². The fourth-order valence-corrected chi connectivity index (χ4v) is 3.20. The van der Waals surface area contributed by atoms with Crippen LogP contribution in [0.3, 0.4) is 0 Å². The van der Waals surface area contributed by atoms with E-state index in [0.717, 1.165) is 33.4 Å². The van der Waals surface area contributed by atoms with Gasteiger partial charge in [-0.05, 0) is 37.0 Å². The summed E-state index contributed by atoms with van der Waals surface area (Å²) in [5.74, 6) is 1.93. The van der Waals surface area contributed by atoms with Crippen molar-refractivity contribution in [2.75, 3.05) is 7.05 Å². The van der Waals surface area contributed by atoms with E-state index in [2.05, 4.69) is 17.6 Å². The number of aryl methyl sites for hydroxylation is 2. The average molecular weight is 270 g/mol. The molecule has 1 unspecified atom stereocenters. The van der Waals surface area contributed by atoms with E-state index in [9.17, 15) is 0 Å². The van der Waals surface area contributed by atoms with Crippen molar-refractivity contribution in [1.82, 2.24) is 5.32 Å². The van der Waals surface area contributed by atoms with Gasteiger partial charge in [0.25, 0.3) is 0 Å². The standard InChI is InChI=1S/C13H16ClNOS/c1-4-9-5-6-10(16-9)12(15-3)13-11(14)8(2)7-17-13/h5-7,12,15H,4H2,1-3H3. The van der Waals surface area contributed by atoms with E-state index in [1.807, 2.05) is 26.1 Å². The van der Waals surface area contributed by atoms with Gasteiger partial charge in [0, 0.05) is 11.3 Å². The van der Waals surface area contributed by atoms with E-state index < -0.39 is 0 Å². The summed E-state index contributed by atoms with van der Waals surface area (Å²) in [6.07, 6.45) is 0.910. The first-order chi connectivity index (χ1) is 8.17. The van der Waals surface area contributed by atoms with Crippen LogP contribution in [0.5, 0.6) is 0 Å². The van der Waals surface area contributed by atoms with Crippen molar-refractivity contribution < 1.29 is 4.42 Å². The quantitative estimate of drug-likeness (QED) is 0.901. The van der Waals surface area contributed by atoms with Crippen LogP contribution in [0.15, 0.2) is 21.9 Å². The van der Waals surface area contributed by atoms with Gasteiger partial charge in [-0.25, -0.2) is 0 Å². The number of furan rings is 1. The molecule has 0 saturated carbocycles. The lowest BCUT2D eigenvalue weighted by atomic mass is 10.1. The number of nitrogens with one attached hydrogen (secondary N) is 1. The molecule has 2 aromatic rings. The van der Waals surface area contributed by atoms with Crippen molar-refractivity contribution in [3.63, 3.8) is 0 Å². The Bertz CT molecular complexity index is 503. The number of thiophene rings is 1. The molecule has 2 rings (SSSR count). The summed E-state index contributed by atoms with van der Waals surface area (Å²) in [6.45, 7) is 4.11. The Kier molecular flexibility index (Phi) is 3.92. The van der Waals surface area contributed by atoms with Gasteiger partial charge >= 0.3 is 0 Å². The van der Waals surface area contributed by atoms with Crippen LogP contribution in [0.2, 0.25) is 5.02 Å². The maximum absolute atomic E-state index is 6.30. The highest BCUT2D eigenvalue weighted by molar-refractivity contribution is 7.10. The molecule has 2 aromatic heterocycles. The van der Waals surface area contributed by atoms with Crippen molar-refractivity contribution in [3.8, 4) is 0 Å². The van der Waals surface area contributed by atoms with Crippen LogP contribution in [0, 0.1) is 6.92 Å². The third-order valence-electron chi connectivity index (χ3n) is 2.79. The summed E-state index contributed by atoms with van der Waals surface area (Å²) in [4.78, 5) is 1.11. The molecule has 1 N–H and O–H groups in total. The van der Waals surface area contributed by atoms with Crippen LogP contribution < -0.4 is 5.32 Å². The van der Waals surface area contributed by atoms with Gasteiger partial charge in [0.15, 0.2) is 0 Å². The molecule has 17 heavy (non-hydrogen) atoms. The topological polar surface area (TPSA) is 25.2 Å². The fourth-order valence-electron chi connectivity index (χ4n) is 1.79. The van der Waals surface area contributed by atoms with E-state index in [-0.39, 0.29) is 6.04 Å². The molecule has 1 atom stereocenters. The maximum Gasteiger partial charge on any atom is 0.126 e. The first kappa shape index (κ1) is 12.7. The molecule has 0 bridgehead atoms. The van der Waals surface area contributed by atoms with Gasteiger partial charge in [-0.3, -0.25) is 0 Å². The van der Waals surface area contributed by atoms with Gasteiger partial charge in [-0.2, -0.15) is 0 Å². The Morgan fingerprint density at radius 2 is 2.24 bits per heavy atom. The van der Waals surface area contributed by atoms with Gasteiger partial charge in [0.2, 0.25) is 0 Å². The molecule has 2 nitrogen and oxygen atoms in total. The average Bonchev–Trinajstić information content (AvgIpc) is 2.92. The van der Waals surface area contributed by atoms with Crippen molar-refractivity contribution in [2.45, 2.75) is 26.3 Å². The van der Waals surface area contributed by atoms with E-state index in [1.54, 1.807) is 11.3 Å². The predicted molar refractivity (Wildman–Crippen MR) is 73.1 cm³/mol. The molecular weight excluding hydrogens is 254 g/mol. The Labute approximate surface area is 111 Å². The van der Waals surface area contributed by atoms with Crippen molar-refractivity contribution >= 4 is 22.9 Å². The van der Waals surface area contributed by atoms with Gasteiger partial charge < -0.3 is 9.73 Å². The Balaban J connectivity index is 2.36. The number of halogens is 1. The highest BCUT2D eigenvalue weighted by Gasteiger charge is 2.21. The molecule has 0 aromatic carbocycles. The SMILES string of the molecule is CCc1ccc(C(NC)c2scc(C)c2Cl)o1. The summed E-state index contributed by atoms with van der Waals surface area (Å²) in [5.41, 5.74) is 1.12. The second-order valence-corrected chi connectivity index (χ2v) is 5.27. The number of rotatable bonds is 4. The minimum absolute atomic E-state index is 0.0431. The van der Waals surface area contributed by atoms with E-state index >= 15 is 0 Å². The molecule has 0 aliphatic rings. The normalized spacial score (nSPS) is 12.9. The van der Waals surface area contributed by atoms with E-state index in [4.69, 9.17) is 16.0 Å². The lowest BCUT2D eigenvalue weighted by Crippen LogP contribution is -2.16. The van der Waals surface area contributed by atoms with Gasteiger partial charge in [-0.15, -0.1) is 11.3 Å². The molecular formula is C13H16ClNOS. The van der Waals surface area contributed by atoms with Crippen molar-refractivity contribution in [3.05, 3.63) is 44.5 Å². The van der Waals surface area contributed by atoms with Crippen LogP contribution in [0.25, 0.3) is 0 Å². The van der Waals surface area contributed by atoms with Crippen molar-refractivity contribution in [2.24, 2.45) is 0 Å². The minimum atomic E-state index is 0.0431. The highest BCUT2D eigenvalue weighted by atomic mass is 35.5. The molecule has 0 radical (unpaired) electrons. The Hall–Kier alpha value is -0.770. The smallest absolute Gasteiger partial charge is 0.126 e. The van der Waals surface area contributed by atoms with Crippen LogP contribution in [-0.4, -0.2) is 7.05 Å². The molecule has 4 heteroatoms. The largest absolute Gasteiger partial charge is 0.464 e. The van der Waals surface area contributed by atoms with Crippen LogP contribution in [-0.2, 0) is 6.42 Å². The fraction of sp³-hybridized carbons (Fsp3) is 0.385. The molecule has 0 fully saturated rings. The zero-order chi connectivity index (χ0) is 12.4. The minimum Gasteiger partial charge on any atom is -0.464 e. The second-order valence-electron chi connectivity index (χ2n) is 3.98. The summed E-state index contributed by atoms with van der Waals surface area (Å²) in [6, 6.07) is 4.08. The predicted octanol–water partition coefficient (Wildman–Crippen LogP) is 4.17. The van der Waals surface area contributed by atoms with Gasteiger partial charge in [0.05, 0.1) is 5.02 Å². The van der Waals surface area contributed by atoms with Crippen LogP contribution >= 0.6 is 22.9 Å². The first-order valence-electron chi connectivity index (χ1n) is 5.66. The third kappa shape index (κ3) is 2.41. The molecule has 0 aliphatic carbocycles. The summed E-state index contributed by atoms with van der Waals surface area (Å²) >= 11 is 7.97. The monoisotopic (exact) mass is 269 g/mol. The third-order valence-corrected chi connectivity index (χ3v) is 4.57. The Morgan fingerprint density at radius 3 is 2.71 bits per heavy atom. The highest BCUT2D eigenvalue weighted by Crippen LogP contribution is 2.36. The molecule has 92 valence electrons. The first-order valence-corrected chi connectivity index (χ1v) is 6.92. The lowest BCUT2D eigenvalue weighted by Gasteiger charge is -2.12.